The molecule has 0 atom stereocenters. The van der Waals surface area contributed by atoms with Crippen molar-refractivity contribution < 1.29 is 31.0 Å². The van der Waals surface area contributed by atoms with Gasteiger partial charge in [0, 0.05) is 5.33 Å². The Balaban J connectivity index is -0.000000180. The molecule has 0 aromatic carbocycles. The summed E-state index contributed by atoms with van der Waals surface area (Å²) in [6.45, 7) is 0.464. The zero-order valence-corrected chi connectivity index (χ0v) is 8.65. The first-order valence-electron chi connectivity index (χ1n) is 2.27. The van der Waals surface area contributed by atoms with Gasteiger partial charge in [-0.25, -0.2) is 0 Å². The fourth-order valence-electron chi connectivity index (χ4n) is 0.271. The summed E-state index contributed by atoms with van der Waals surface area (Å²) in [5.41, 5.74) is 0. The molecule has 0 N–H and O–H groups in total. The first-order chi connectivity index (χ1) is 3.41. The summed E-state index contributed by atoms with van der Waals surface area (Å²) in [5.74, 6) is 0. The smallest absolute Gasteiger partial charge is 1.00 e. The molecule has 4 heteroatoms. The van der Waals surface area contributed by atoms with Crippen LogP contribution in [-0.4, -0.2) is 11.9 Å². The molecule has 0 aliphatic rings. The molecule has 2 nitrogen and oxygen atoms in total. The molecule has 0 rings (SSSR count). The van der Waals surface area contributed by atoms with E-state index in [1.807, 2.05) is 0 Å². The van der Waals surface area contributed by atoms with Gasteiger partial charge >= 0.3 is 29.6 Å². The van der Waals surface area contributed by atoms with Crippen LogP contribution in [0.5, 0.6) is 0 Å². The topological polar surface area (TPSA) is 29.4 Å². The van der Waals surface area contributed by atoms with E-state index in [0.29, 0.717) is 6.54 Å². The van der Waals surface area contributed by atoms with E-state index >= 15 is 0 Å². The summed E-state index contributed by atoms with van der Waals surface area (Å²) >= 11 is 3.24. The van der Waals surface area contributed by atoms with Crippen LogP contribution in [0, 0.1) is 4.91 Å². The van der Waals surface area contributed by atoms with Crippen molar-refractivity contribution in [2.75, 3.05) is 11.9 Å². The second-order valence-electron chi connectivity index (χ2n) is 1.25. The van der Waals surface area contributed by atoms with Gasteiger partial charge in [-0.2, -0.15) is 4.91 Å². The van der Waals surface area contributed by atoms with E-state index in [1.165, 1.54) is 0 Å². The molecule has 0 aliphatic heterocycles. The summed E-state index contributed by atoms with van der Waals surface area (Å²) < 4.78 is 0. The fourth-order valence-corrected chi connectivity index (χ4v) is 0.667. The normalized spacial score (nSPS) is 7.62. The molecule has 0 bridgehead atoms. The molecule has 0 fully saturated rings. The SMILES string of the molecule is O=NCCCCBr.[H-].[Na+]. The standard InChI is InChI=1S/C4H8BrNO.Na.H/c5-3-1-2-4-6-7;;/h1-4H2;;/q;+1;-1. The molecule has 0 saturated heterocycles. The minimum atomic E-state index is 0. The Labute approximate surface area is 81.3 Å². The van der Waals surface area contributed by atoms with Gasteiger partial charge in [-0.3, -0.25) is 0 Å². The molecule has 44 valence electrons. The summed E-state index contributed by atoms with van der Waals surface area (Å²) in [5, 5.41) is 3.68. The summed E-state index contributed by atoms with van der Waals surface area (Å²) in [6.07, 6.45) is 1.96. The van der Waals surface area contributed by atoms with Crippen molar-refractivity contribution in [2.45, 2.75) is 12.8 Å². The van der Waals surface area contributed by atoms with Crippen molar-refractivity contribution in [3.63, 3.8) is 0 Å². The Morgan fingerprint density at radius 3 is 2.50 bits per heavy atom. The third kappa shape index (κ3) is 10.1. The molecule has 0 aromatic heterocycles. The predicted molar refractivity (Wildman–Crippen MR) is 34.8 cm³/mol. The Bertz CT molecular complexity index is 57.8. The zero-order valence-electron chi connectivity index (χ0n) is 6.06. The van der Waals surface area contributed by atoms with E-state index in [1.54, 1.807) is 0 Å². The molecule has 0 radical (unpaired) electrons. The van der Waals surface area contributed by atoms with Gasteiger partial charge in [0.15, 0.2) is 0 Å². The maximum Gasteiger partial charge on any atom is 1.00 e. The average molecular weight is 190 g/mol. The first kappa shape index (κ1) is 11.8. The Morgan fingerprint density at radius 2 is 2.12 bits per heavy atom. The fraction of sp³-hybridized carbons (Fsp3) is 1.00. The first-order valence-corrected chi connectivity index (χ1v) is 3.39. The van der Waals surface area contributed by atoms with Crippen LogP contribution in [0.1, 0.15) is 14.3 Å². The van der Waals surface area contributed by atoms with Crippen LogP contribution in [-0.2, 0) is 0 Å². The number of alkyl halides is 1. The van der Waals surface area contributed by atoms with Crippen LogP contribution >= 0.6 is 15.9 Å². The number of unbranched alkanes of at least 4 members (excludes halogenated alkanes) is 1. The van der Waals surface area contributed by atoms with Crippen molar-refractivity contribution in [2.24, 2.45) is 5.18 Å². The van der Waals surface area contributed by atoms with Crippen LogP contribution in [0.2, 0.25) is 0 Å². The van der Waals surface area contributed by atoms with Gasteiger partial charge < -0.3 is 1.43 Å². The van der Waals surface area contributed by atoms with Crippen molar-refractivity contribution in [3.8, 4) is 0 Å². The molecule has 0 spiro atoms. The molecule has 0 unspecified atom stereocenters. The van der Waals surface area contributed by atoms with E-state index in [0.717, 1.165) is 18.2 Å². The van der Waals surface area contributed by atoms with Gasteiger partial charge in [0.05, 0.1) is 6.54 Å². The summed E-state index contributed by atoms with van der Waals surface area (Å²) in [4.78, 5) is 9.41. The number of hydrogen-bond acceptors (Lipinski definition) is 2. The zero-order chi connectivity index (χ0) is 5.54. The Morgan fingerprint density at radius 1 is 1.50 bits per heavy atom. The van der Waals surface area contributed by atoms with Crippen molar-refractivity contribution in [1.82, 2.24) is 0 Å². The van der Waals surface area contributed by atoms with E-state index in [2.05, 4.69) is 21.1 Å². The largest absolute Gasteiger partial charge is 1.00 e. The van der Waals surface area contributed by atoms with E-state index in [-0.39, 0.29) is 31.0 Å². The molecule has 0 heterocycles. The Hall–Kier alpha value is 1.08. The van der Waals surface area contributed by atoms with Crippen molar-refractivity contribution in [3.05, 3.63) is 4.91 Å². The van der Waals surface area contributed by atoms with Crippen LogP contribution in [0.3, 0.4) is 0 Å². The van der Waals surface area contributed by atoms with Crippen LogP contribution < -0.4 is 29.6 Å². The molecule has 0 amide bonds. The van der Waals surface area contributed by atoms with E-state index in [4.69, 9.17) is 0 Å². The van der Waals surface area contributed by atoms with Crippen LogP contribution in [0.15, 0.2) is 5.18 Å². The third-order valence-corrected chi connectivity index (χ3v) is 1.19. The predicted octanol–water partition coefficient (Wildman–Crippen LogP) is -0.956. The number of halogens is 1. The molecular formula is C4H9BrNNaO. The second kappa shape index (κ2) is 11.0. The van der Waals surface area contributed by atoms with Crippen LogP contribution in [0.25, 0.3) is 0 Å². The number of rotatable bonds is 4. The van der Waals surface area contributed by atoms with Gasteiger partial charge in [-0.1, -0.05) is 21.1 Å². The van der Waals surface area contributed by atoms with Crippen LogP contribution in [0.4, 0.5) is 0 Å². The average Bonchev–Trinajstić information content (AvgIpc) is 1.69. The summed E-state index contributed by atoms with van der Waals surface area (Å²) in [7, 11) is 0. The maximum atomic E-state index is 9.41. The molecule has 0 aromatic rings. The maximum absolute atomic E-state index is 9.41. The van der Waals surface area contributed by atoms with Crippen molar-refractivity contribution in [1.29, 1.82) is 0 Å². The monoisotopic (exact) mass is 189 g/mol. The minimum Gasteiger partial charge on any atom is -1.00 e. The van der Waals surface area contributed by atoms with E-state index < -0.39 is 0 Å². The quantitative estimate of drug-likeness (QED) is 0.243. The number of nitroso groups, excluding NO2 is 1. The second-order valence-corrected chi connectivity index (χ2v) is 2.04. The summed E-state index contributed by atoms with van der Waals surface area (Å²) in [6, 6.07) is 0. The van der Waals surface area contributed by atoms with Gasteiger partial charge in [0.25, 0.3) is 0 Å². The Kier molecular flexibility index (Phi) is 16.2. The molecular weight excluding hydrogens is 181 g/mol. The third-order valence-electron chi connectivity index (χ3n) is 0.633. The molecule has 0 aliphatic carbocycles. The van der Waals surface area contributed by atoms with Gasteiger partial charge in [-0.15, -0.1) is 0 Å². The molecule has 8 heavy (non-hydrogen) atoms. The number of nitrogens with zero attached hydrogens (tertiary/aromatic N) is 1. The van der Waals surface area contributed by atoms with Gasteiger partial charge in [0.2, 0.25) is 0 Å². The van der Waals surface area contributed by atoms with Gasteiger partial charge in [0.1, 0.15) is 0 Å². The number of hydrogen-bond donors (Lipinski definition) is 0. The van der Waals surface area contributed by atoms with E-state index in [9.17, 15) is 4.91 Å². The minimum absolute atomic E-state index is 0. The molecule has 0 saturated carbocycles. The van der Waals surface area contributed by atoms with Crippen molar-refractivity contribution >= 4 is 15.9 Å². The van der Waals surface area contributed by atoms with Gasteiger partial charge in [-0.05, 0) is 12.8 Å².